The van der Waals surface area contributed by atoms with Gasteiger partial charge in [0, 0.05) is 19.8 Å². The zero-order chi connectivity index (χ0) is 13.8. The van der Waals surface area contributed by atoms with Crippen LogP contribution in [0, 0.1) is 0 Å². The van der Waals surface area contributed by atoms with E-state index in [1.807, 2.05) is 6.92 Å². The van der Waals surface area contributed by atoms with Crippen molar-refractivity contribution in [2.45, 2.75) is 19.9 Å². The van der Waals surface area contributed by atoms with Gasteiger partial charge in [-0.1, -0.05) is 19.1 Å². The molecular weight excluding hydrogens is 242 g/mol. The van der Waals surface area contributed by atoms with Gasteiger partial charge in [0.2, 0.25) is 0 Å². The summed E-state index contributed by atoms with van der Waals surface area (Å²) in [5.41, 5.74) is 2.35. The van der Waals surface area contributed by atoms with Gasteiger partial charge in [0.05, 0.1) is 11.3 Å². The van der Waals surface area contributed by atoms with Crippen LogP contribution in [0.3, 0.4) is 0 Å². The molecule has 0 bridgehead atoms. The highest BCUT2D eigenvalue weighted by atomic mass is 16.3. The fraction of sp³-hybridized carbons (Fsp3) is 0.286. The molecule has 0 saturated carbocycles. The molecule has 0 atom stereocenters. The third kappa shape index (κ3) is 3.13. The third-order valence-corrected chi connectivity index (χ3v) is 2.87. The van der Waals surface area contributed by atoms with Crippen molar-refractivity contribution in [1.82, 2.24) is 15.1 Å². The molecule has 19 heavy (non-hydrogen) atoms. The molecule has 100 valence electrons. The van der Waals surface area contributed by atoms with E-state index in [4.69, 9.17) is 0 Å². The van der Waals surface area contributed by atoms with Crippen LogP contribution in [0.5, 0.6) is 5.75 Å². The molecule has 0 saturated heterocycles. The van der Waals surface area contributed by atoms with Crippen LogP contribution in [0.25, 0.3) is 0 Å². The Kier molecular flexibility index (Phi) is 3.85. The van der Waals surface area contributed by atoms with E-state index in [9.17, 15) is 9.90 Å². The Labute approximate surface area is 111 Å². The van der Waals surface area contributed by atoms with E-state index in [1.54, 1.807) is 42.2 Å². The predicted octanol–water partition coefficient (Wildman–Crippen LogP) is 1.62. The minimum Gasteiger partial charge on any atom is -0.508 e. The molecule has 1 aromatic heterocycles. The van der Waals surface area contributed by atoms with Crippen molar-refractivity contribution in [3.63, 3.8) is 0 Å². The van der Waals surface area contributed by atoms with E-state index >= 15 is 0 Å². The number of carbonyl (C=O) groups is 1. The van der Waals surface area contributed by atoms with Crippen LogP contribution in [0.15, 0.2) is 30.5 Å². The number of benzene rings is 1. The summed E-state index contributed by atoms with van der Waals surface area (Å²) in [4.78, 5) is 12.1. The monoisotopic (exact) mass is 259 g/mol. The number of carbonyl (C=O) groups excluding carboxylic acids is 1. The maximum absolute atomic E-state index is 12.1. The highest BCUT2D eigenvalue weighted by Crippen LogP contribution is 2.10. The molecule has 1 aromatic carbocycles. The van der Waals surface area contributed by atoms with E-state index in [1.165, 1.54) is 0 Å². The zero-order valence-corrected chi connectivity index (χ0v) is 11.1. The molecule has 0 unspecified atom stereocenters. The summed E-state index contributed by atoms with van der Waals surface area (Å²) in [6.07, 6.45) is 2.45. The minimum atomic E-state index is -0.127. The Morgan fingerprint density at radius 3 is 2.68 bits per heavy atom. The molecule has 1 heterocycles. The first-order chi connectivity index (χ1) is 9.10. The Morgan fingerprint density at radius 1 is 1.37 bits per heavy atom. The number of phenolic OH excluding ortho intramolecular Hbond substituents is 1. The molecule has 0 aliphatic rings. The summed E-state index contributed by atoms with van der Waals surface area (Å²) in [5.74, 6) is 0.0913. The number of hydrogen-bond donors (Lipinski definition) is 2. The molecule has 1 amide bonds. The standard InChI is InChI=1S/C14H17N3O2/c1-3-13-12(9-17(2)16-13)14(19)15-8-10-4-6-11(18)7-5-10/h4-7,9,18H,3,8H2,1-2H3,(H,15,19). The van der Waals surface area contributed by atoms with E-state index in [0.29, 0.717) is 12.1 Å². The number of nitrogens with zero attached hydrogens (tertiary/aromatic N) is 2. The highest BCUT2D eigenvalue weighted by Gasteiger charge is 2.13. The Bertz CT molecular complexity index is 573. The zero-order valence-electron chi connectivity index (χ0n) is 11.1. The number of rotatable bonds is 4. The number of hydrogen-bond acceptors (Lipinski definition) is 3. The molecule has 2 rings (SSSR count). The summed E-state index contributed by atoms with van der Waals surface area (Å²) in [5, 5.41) is 16.3. The first-order valence-electron chi connectivity index (χ1n) is 6.18. The van der Waals surface area contributed by atoms with Gasteiger partial charge >= 0.3 is 0 Å². The second kappa shape index (κ2) is 5.56. The Hall–Kier alpha value is -2.30. The van der Waals surface area contributed by atoms with E-state index in [2.05, 4.69) is 10.4 Å². The quantitative estimate of drug-likeness (QED) is 0.876. The summed E-state index contributed by atoms with van der Waals surface area (Å²) in [6, 6.07) is 6.76. The highest BCUT2D eigenvalue weighted by molar-refractivity contribution is 5.95. The van der Waals surface area contributed by atoms with Crippen molar-refractivity contribution in [2.24, 2.45) is 7.05 Å². The molecule has 0 fully saturated rings. The Balaban J connectivity index is 2.03. The first-order valence-corrected chi connectivity index (χ1v) is 6.18. The average molecular weight is 259 g/mol. The molecule has 0 aliphatic carbocycles. The van der Waals surface area contributed by atoms with Gasteiger partial charge in [0.25, 0.3) is 5.91 Å². The van der Waals surface area contributed by atoms with Gasteiger partial charge in [-0.2, -0.15) is 5.10 Å². The number of amides is 1. The van der Waals surface area contributed by atoms with Crippen molar-refractivity contribution in [1.29, 1.82) is 0 Å². The largest absolute Gasteiger partial charge is 0.508 e. The number of phenols is 1. The van der Waals surface area contributed by atoms with E-state index in [-0.39, 0.29) is 11.7 Å². The summed E-state index contributed by atoms with van der Waals surface area (Å²) >= 11 is 0. The topological polar surface area (TPSA) is 67.2 Å². The maximum Gasteiger partial charge on any atom is 0.255 e. The van der Waals surface area contributed by atoms with Crippen LogP contribution in [0.4, 0.5) is 0 Å². The molecule has 5 nitrogen and oxygen atoms in total. The fourth-order valence-corrected chi connectivity index (χ4v) is 1.88. The summed E-state index contributed by atoms with van der Waals surface area (Å²) in [7, 11) is 1.80. The fourth-order valence-electron chi connectivity index (χ4n) is 1.88. The minimum absolute atomic E-state index is 0.127. The van der Waals surface area contributed by atoms with Crippen molar-refractivity contribution in [2.75, 3.05) is 0 Å². The molecule has 5 heteroatoms. The normalized spacial score (nSPS) is 10.4. The van der Waals surface area contributed by atoms with E-state index in [0.717, 1.165) is 17.7 Å². The van der Waals surface area contributed by atoms with Crippen LogP contribution in [-0.4, -0.2) is 20.8 Å². The second-order valence-corrected chi connectivity index (χ2v) is 4.37. The molecule has 0 spiro atoms. The first kappa shape index (κ1) is 13.1. The van der Waals surface area contributed by atoms with Gasteiger partial charge in [0.15, 0.2) is 0 Å². The molecule has 2 aromatic rings. The maximum atomic E-state index is 12.1. The van der Waals surface area contributed by atoms with Crippen molar-refractivity contribution in [3.8, 4) is 5.75 Å². The molecule has 2 N–H and O–H groups in total. The predicted molar refractivity (Wildman–Crippen MR) is 71.9 cm³/mol. The second-order valence-electron chi connectivity index (χ2n) is 4.37. The van der Waals surface area contributed by atoms with Crippen molar-refractivity contribution >= 4 is 5.91 Å². The SMILES string of the molecule is CCc1nn(C)cc1C(=O)NCc1ccc(O)cc1. The van der Waals surface area contributed by atoms with Crippen LogP contribution in [0.2, 0.25) is 0 Å². The van der Waals surface area contributed by atoms with Crippen LogP contribution < -0.4 is 5.32 Å². The van der Waals surface area contributed by atoms with Crippen molar-refractivity contribution in [3.05, 3.63) is 47.3 Å². The van der Waals surface area contributed by atoms with Gasteiger partial charge in [-0.15, -0.1) is 0 Å². The van der Waals surface area contributed by atoms with Gasteiger partial charge < -0.3 is 10.4 Å². The number of aromatic hydroxyl groups is 1. The van der Waals surface area contributed by atoms with Gasteiger partial charge in [-0.05, 0) is 24.1 Å². The molecule has 0 radical (unpaired) electrons. The van der Waals surface area contributed by atoms with Crippen LogP contribution in [0.1, 0.15) is 28.5 Å². The summed E-state index contributed by atoms with van der Waals surface area (Å²) in [6.45, 7) is 2.40. The Morgan fingerprint density at radius 2 is 2.05 bits per heavy atom. The lowest BCUT2D eigenvalue weighted by molar-refractivity contribution is 0.0950. The lowest BCUT2D eigenvalue weighted by Gasteiger charge is -2.05. The van der Waals surface area contributed by atoms with E-state index < -0.39 is 0 Å². The number of nitrogens with one attached hydrogen (secondary N) is 1. The summed E-state index contributed by atoms with van der Waals surface area (Å²) < 4.78 is 1.65. The van der Waals surface area contributed by atoms with Gasteiger partial charge in [-0.25, -0.2) is 0 Å². The smallest absolute Gasteiger partial charge is 0.255 e. The van der Waals surface area contributed by atoms with Crippen LogP contribution in [-0.2, 0) is 20.0 Å². The number of aryl methyl sites for hydroxylation is 2. The number of aromatic nitrogens is 2. The molecule has 0 aliphatic heterocycles. The average Bonchev–Trinajstić information content (AvgIpc) is 2.79. The van der Waals surface area contributed by atoms with Crippen LogP contribution >= 0.6 is 0 Å². The molecular formula is C14H17N3O2. The lowest BCUT2D eigenvalue weighted by atomic mass is 10.2. The third-order valence-electron chi connectivity index (χ3n) is 2.87. The lowest BCUT2D eigenvalue weighted by Crippen LogP contribution is -2.23. The van der Waals surface area contributed by atoms with Gasteiger partial charge in [0.1, 0.15) is 5.75 Å². The van der Waals surface area contributed by atoms with Gasteiger partial charge in [-0.3, -0.25) is 9.48 Å². The van der Waals surface area contributed by atoms with Crippen molar-refractivity contribution < 1.29 is 9.90 Å².